The lowest BCUT2D eigenvalue weighted by Crippen LogP contribution is -2.61. The van der Waals surface area contributed by atoms with Crippen molar-refractivity contribution in [1.29, 1.82) is 0 Å². The highest BCUT2D eigenvalue weighted by molar-refractivity contribution is 5.96. The second-order valence-corrected chi connectivity index (χ2v) is 14.5. The van der Waals surface area contributed by atoms with Crippen molar-refractivity contribution in [1.82, 2.24) is 14.9 Å². The number of piperazine rings is 1. The van der Waals surface area contributed by atoms with Gasteiger partial charge < -0.3 is 19.3 Å². The predicted molar refractivity (Wildman–Crippen MR) is 161 cm³/mol. The molecular weight excluding hydrogens is 516 g/mol. The number of aryl methyl sites for hydroxylation is 1. The molecule has 1 saturated heterocycles. The van der Waals surface area contributed by atoms with Crippen LogP contribution in [0, 0.1) is 12.3 Å². The molecule has 2 fully saturated rings. The minimum absolute atomic E-state index is 0.156. The van der Waals surface area contributed by atoms with Crippen LogP contribution >= 0.6 is 0 Å². The number of hydrogen-bond donors (Lipinski definition) is 1. The molecule has 1 saturated carbocycles. The van der Waals surface area contributed by atoms with Gasteiger partial charge in [0.2, 0.25) is 0 Å². The fourth-order valence-corrected chi connectivity index (χ4v) is 6.38. The Morgan fingerprint density at radius 1 is 1.05 bits per heavy atom. The van der Waals surface area contributed by atoms with E-state index in [1.54, 1.807) is 19.2 Å². The van der Waals surface area contributed by atoms with Crippen LogP contribution < -0.4 is 4.90 Å². The van der Waals surface area contributed by atoms with E-state index in [2.05, 4.69) is 45.7 Å². The van der Waals surface area contributed by atoms with Gasteiger partial charge in [0.05, 0.1) is 11.1 Å². The van der Waals surface area contributed by atoms with Gasteiger partial charge in [-0.05, 0) is 75.0 Å². The molecule has 0 spiro atoms. The fraction of sp³-hybridized carbons (Fsp3) is 0.576. The molecule has 1 N–H and O–H groups in total. The highest BCUT2D eigenvalue weighted by atomic mass is 16.4. The van der Waals surface area contributed by atoms with E-state index in [1.807, 2.05) is 29.7 Å². The van der Waals surface area contributed by atoms with Gasteiger partial charge in [0.1, 0.15) is 11.3 Å². The van der Waals surface area contributed by atoms with Gasteiger partial charge in [-0.1, -0.05) is 34.6 Å². The minimum Gasteiger partial charge on any atom is -0.478 e. The maximum absolute atomic E-state index is 13.9. The van der Waals surface area contributed by atoms with Gasteiger partial charge in [-0.2, -0.15) is 0 Å². The lowest BCUT2D eigenvalue weighted by Gasteiger charge is -2.47. The summed E-state index contributed by atoms with van der Waals surface area (Å²) in [5, 5.41) is 9.56. The summed E-state index contributed by atoms with van der Waals surface area (Å²) in [5.74, 6) is 0.212. The molecule has 220 valence electrons. The summed E-state index contributed by atoms with van der Waals surface area (Å²) >= 11 is 0. The van der Waals surface area contributed by atoms with Gasteiger partial charge >= 0.3 is 5.97 Å². The first-order chi connectivity index (χ1) is 19.1. The first-order valence-corrected chi connectivity index (χ1v) is 14.8. The minimum atomic E-state index is -0.970. The maximum atomic E-state index is 13.9. The summed E-state index contributed by atoms with van der Waals surface area (Å²) in [6.45, 7) is 18.5. The summed E-state index contributed by atoms with van der Waals surface area (Å²) in [4.78, 5) is 39.0. The number of furan rings is 1. The third-order valence-corrected chi connectivity index (χ3v) is 9.07. The third kappa shape index (κ3) is 5.70. The van der Waals surface area contributed by atoms with Crippen molar-refractivity contribution in [2.24, 2.45) is 5.41 Å². The molecule has 3 aromatic rings. The lowest BCUT2D eigenvalue weighted by molar-refractivity contribution is 0.0483. The van der Waals surface area contributed by atoms with Crippen molar-refractivity contribution in [2.75, 3.05) is 24.5 Å². The van der Waals surface area contributed by atoms with Crippen LogP contribution in [0.5, 0.6) is 0 Å². The van der Waals surface area contributed by atoms with Crippen LogP contribution in [-0.2, 0) is 5.41 Å². The zero-order chi connectivity index (χ0) is 29.9. The molecule has 8 heteroatoms. The first-order valence-electron chi connectivity index (χ1n) is 14.8. The Hall–Kier alpha value is -3.42. The van der Waals surface area contributed by atoms with Gasteiger partial charge in [-0.25, -0.2) is 14.8 Å². The second-order valence-electron chi connectivity index (χ2n) is 14.5. The molecule has 2 aliphatic rings. The first kappa shape index (κ1) is 29.1. The van der Waals surface area contributed by atoms with Crippen molar-refractivity contribution < 1.29 is 19.1 Å². The molecule has 3 aromatic heterocycles. The van der Waals surface area contributed by atoms with Gasteiger partial charge in [0.25, 0.3) is 5.91 Å². The van der Waals surface area contributed by atoms with E-state index in [9.17, 15) is 14.7 Å². The van der Waals surface area contributed by atoms with E-state index in [0.29, 0.717) is 53.7 Å². The Balaban J connectivity index is 1.42. The van der Waals surface area contributed by atoms with Crippen molar-refractivity contribution in [2.45, 2.75) is 97.9 Å². The molecule has 5 rings (SSSR count). The number of pyridine rings is 2. The van der Waals surface area contributed by atoms with Crippen LogP contribution in [-0.4, -0.2) is 57.0 Å². The summed E-state index contributed by atoms with van der Waals surface area (Å²) < 4.78 is 6.33. The van der Waals surface area contributed by atoms with E-state index in [4.69, 9.17) is 9.40 Å². The van der Waals surface area contributed by atoms with E-state index in [-0.39, 0.29) is 16.9 Å². The Morgan fingerprint density at radius 3 is 2.34 bits per heavy atom. The number of amides is 1. The number of rotatable bonds is 4. The number of carboxylic acid groups (broad SMARTS) is 1. The number of carbonyl (C=O) groups is 2. The number of aromatic carboxylic acids is 1. The zero-order valence-corrected chi connectivity index (χ0v) is 25.8. The summed E-state index contributed by atoms with van der Waals surface area (Å²) in [7, 11) is 0. The molecule has 4 heterocycles. The number of anilines is 1. The number of nitrogens with zero attached hydrogens (tertiary/aromatic N) is 4. The monoisotopic (exact) mass is 560 g/mol. The van der Waals surface area contributed by atoms with E-state index in [1.165, 1.54) is 12.8 Å². The third-order valence-electron chi connectivity index (χ3n) is 9.07. The van der Waals surface area contributed by atoms with Crippen molar-refractivity contribution in [3.8, 4) is 0 Å². The molecule has 0 radical (unpaired) electrons. The SMILES string of the molecule is Cc1cnc(N2CCN(C(=O)c3cc4nc(C5CCC(C)(C)CC5)cc(C(C)(C)C)c4o3)C(C)(C)C2)cc1C(=O)O. The van der Waals surface area contributed by atoms with Gasteiger partial charge in [-0.15, -0.1) is 0 Å². The molecule has 1 aliphatic carbocycles. The van der Waals surface area contributed by atoms with Crippen molar-refractivity contribution in [3.05, 3.63) is 52.5 Å². The van der Waals surface area contributed by atoms with Crippen molar-refractivity contribution >= 4 is 28.8 Å². The molecule has 0 atom stereocenters. The Labute approximate surface area is 243 Å². The highest BCUT2D eigenvalue weighted by Gasteiger charge is 2.39. The number of fused-ring (bicyclic) bond motifs is 1. The normalized spacial score (nSPS) is 19.5. The van der Waals surface area contributed by atoms with Crippen LogP contribution in [0.4, 0.5) is 5.82 Å². The quantitative estimate of drug-likeness (QED) is 0.368. The fourth-order valence-electron chi connectivity index (χ4n) is 6.38. The molecule has 0 aromatic carbocycles. The van der Waals surface area contributed by atoms with Crippen LogP contribution in [0.15, 0.2) is 28.8 Å². The summed E-state index contributed by atoms with van der Waals surface area (Å²) in [6.07, 6.45) is 6.23. The molecular formula is C33H44N4O4. The van der Waals surface area contributed by atoms with Gasteiger partial charge in [0, 0.05) is 49.1 Å². The van der Waals surface area contributed by atoms with E-state index >= 15 is 0 Å². The van der Waals surface area contributed by atoms with Gasteiger partial charge in [0.15, 0.2) is 11.3 Å². The average Bonchev–Trinajstić information content (AvgIpc) is 3.31. The van der Waals surface area contributed by atoms with E-state index in [0.717, 1.165) is 29.6 Å². The zero-order valence-electron chi connectivity index (χ0n) is 25.8. The van der Waals surface area contributed by atoms with Crippen molar-refractivity contribution in [3.63, 3.8) is 0 Å². The number of carbonyl (C=O) groups excluding carboxylic acids is 1. The number of aromatic nitrogens is 2. The molecule has 41 heavy (non-hydrogen) atoms. The van der Waals surface area contributed by atoms with Crippen LogP contribution in [0.2, 0.25) is 0 Å². The smallest absolute Gasteiger partial charge is 0.336 e. The second kappa shape index (κ2) is 10.1. The largest absolute Gasteiger partial charge is 0.478 e. The number of hydrogen-bond acceptors (Lipinski definition) is 6. The molecule has 8 nitrogen and oxygen atoms in total. The molecule has 0 bridgehead atoms. The Morgan fingerprint density at radius 2 is 1.73 bits per heavy atom. The topological polar surface area (TPSA) is 99.8 Å². The highest BCUT2D eigenvalue weighted by Crippen LogP contribution is 2.43. The molecule has 1 amide bonds. The Bertz CT molecular complexity index is 1490. The summed E-state index contributed by atoms with van der Waals surface area (Å²) in [6, 6.07) is 5.66. The number of carboxylic acids is 1. The lowest BCUT2D eigenvalue weighted by atomic mass is 9.72. The molecule has 1 aliphatic heterocycles. The van der Waals surface area contributed by atoms with Gasteiger partial charge in [-0.3, -0.25) is 4.79 Å². The maximum Gasteiger partial charge on any atom is 0.336 e. The van der Waals surface area contributed by atoms with Crippen LogP contribution in [0.25, 0.3) is 11.1 Å². The summed E-state index contributed by atoms with van der Waals surface area (Å²) in [5.41, 5.74) is 4.19. The van der Waals surface area contributed by atoms with Crippen LogP contribution in [0.3, 0.4) is 0 Å². The predicted octanol–water partition coefficient (Wildman–Crippen LogP) is 6.95. The standard InChI is InChI=1S/C33H44N4O4/c1-20-18-34-27(15-22(20)30(39)40)36-13-14-37(33(7,8)19-36)29(38)26-17-25-28(41-26)23(31(2,3)4)16-24(35-25)21-9-11-32(5,6)12-10-21/h15-18,21H,9-14,19H2,1-8H3,(H,39,40). The van der Waals surface area contributed by atoms with E-state index < -0.39 is 11.5 Å². The Kier molecular flexibility index (Phi) is 7.19. The molecule has 0 unspecified atom stereocenters. The van der Waals surface area contributed by atoms with Crippen LogP contribution in [0.1, 0.15) is 118 Å². The average molecular weight is 561 g/mol.